The quantitative estimate of drug-likeness (QED) is 0.822. The maximum atomic E-state index is 5.68. The number of nitrogen functional groups attached to an aromatic ring is 1. The molecule has 0 spiro atoms. The number of aryl methyl sites for hydroxylation is 1. The largest absolute Gasteiger partial charge is 0.399 e. The smallest absolute Gasteiger partial charge is 0.155 e. The third-order valence-corrected chi connectivity index (χ3v) is 3.53. The minimum atomic E-state index is 0.487. The molecule has 0 aliphatic carbocycles. The number of anilines is 1. The van der Waals surface area contributed by atoms with Crippen molar-refractivity contribution in [1.29, 1.82) is 0 Å². The van der Waals surface area contributed by atoms with E-state index < -0.39 is 0 Å². The van der Waals surface area contributed by atoms with Crippen molar-refractivity contribution in [3.05, 3.63) is 41.5 Å². The lowest BCUT2D eigenvalue weighted by atomic mass is 10.1. The van der Waals surface area contributed by atoms with Gasteiger partial charge in [-0.1, -0.05) is 12.1 Å². The Hall–Kier alpha value is -1.84. The van der Waals surface area contributed by atoms with E-state index in [2.05, 4.69) is 21.7 Å². The molecule has 1 aromatic carbocycles. The summed E-state index contributed by atoms with van der Waals surface area (Å²) in [6, 6.07) is 8.42. The standard InChI is InChI=1S/C14H18N4/c1-10-3-2-4-14-16-13(17-18(10)14)9-11-5-7-12(15)8-6-11/h5-8,10H,2-4,9,15H2,1H3. The highest BCUT2D eigenvalue weighted by atomic mass is 15.4. The van der Waals surface area contributed by atoms with E-state index in [9.17, 15) is 0 Å². The zero-order valence-electron chi connectivity index (χ0n) is 10.6. The van der Waals surface area contributed by atoms with Gasteiger partial charge < -0.3 is 5.73 Å². The zero-order valence-corrected chi connectivity index (χ0v) is 10.6. The van der Waals surface area contributed by atoms with Crippen LogP contribution in [0.5, 0.6) is 0 Å². The first-order valence-corrected chi connectivity index (χ1v) is 6.51. The number of nitrogens with zero attached hydrogens (tertiary/aromatic N) is 3. The molecular weight excluding hydrogens is 224 g/mol. The van der Waals surface area contributed by atoms with E-state index in [4.69, 9.17) is 5.73 Å². The van der Waals surface area contributed by atoms with Crippen LogP contribution in [0.4, 0.5) is 5.69 Å². The number of aromatic nitrogens is 3. The second-order valence-corrected chi connectivity index (χ2v) is 5.05. The predicted molar refractivity (Wildman–Crippen MR) is 71.3 cm³/mol. The summed E-state index contributed by atoms with van der Waals surface area (Å²) in [6.07, 6.45) is 4.27. The normalized spacial score (nSPS) is 18.6. The van der Waals surface area contributed by atoms with Crippen molar-refractivity contribution in [1.82, 2.24) is 14.8 Å². The van der Waals surface area contributed by atoms with Crippen LogP contribution in [0.25, 0.3) is 0 Å². The van der Waals surface area contributed by atoms with Crippen LogP contribution in [0.1, 0.15) is 43.0 Å². The number of rotatable bonds is 2. The van der Waals surface area contributed by atoms with E-state index in [0.29, 0.717) is 6.04 Å². The Morgan fingerprint density at radius 3 is 2.83 bits per heavy atom. The van der Waals surface area contributed by atoms with E-state index >= 15 is 0 Å². The maximum Gasteiger partial charge on any atom is 0.155 e. The molecule has 2 N–H and O–H groups in total. The van der Waals surface area contributed by atoms with Crippen LogP contribution >= 0.6 is 0 Å². The topological polar surface area (TPSA) is 56.7 Å². The van der Waals surface area contributed by atoms with Crippen molar-refractivity contribution in [3.8, 4) is 0 Å². The summed E-state index contributed by atoms with van der Waals surface area (Å²) < 4.78 is 2.09. The fraction of sp³-hybridized carbons (Fsp3) is 0.429. The first kappa shape index (κ1) is 11.3. The van der Waals surface area contributed by atoms with Crippen molar-refractivity contribution in [3.63, 3.8) is 0 Å². The molecule has 1 aliphatic rings. The van der Waals surface area contributed by atoms with Crippen LogP contribution in [0.2, 0.25) is 0 Å². The van der Waals surface area contributed by atoms with Gasteiger partial charge >= 0.3 is 0 Å². The molecule has 3 rings (SSSR count). The Labute approximate surface area is 107 Å². The van der Waals surface area contributed by atoms with Crippen molar-refractivity contribution < 1.29 is 0 Å². The van der Waals surface area contributed by atoms with Gasteiger partial charge in [-0.05, 0) is 37.5 Å². The minimum absolute atomic E-state index is 0.487. The summed E-state index contributed by atoms with van der Waals surface area (Å²) in [6.45, 7) is 2.21. The van der Waals surface area contributed by atoms with Crippen molar-refractivity contribution in [2.75, 3.05) is 5.73 Å². The van der Waals surface area contributed by atoms with Crippen molar-refractivity contribution in [2.24, 2.45) is 0 Å². The molecule has 4 nitrogen and oxygen atoms in total. The zero-order chi connectivity index (χ0) is 12.5. The molecule has 0 bridgehead atoms. The highest BCUT2D eigenvalue weighted by Gasteiger charge is 2.19. The molecule has 0 saturated heterocycles. The average molecular weight is 242 g/mol. The Morgan fingerprint density at radius 2 is 2.11 bits per heavy atom. The molecule has 94 valence electrons. The summed E-state index contributed by atoms with van der Waals surface area (Å²) in [5, 5.41) is 4.62. The Bertz CT molecular complexity index is 541. The van der Waals surface area contributed by atoms with Gasteiger partial charge in [0, 0.05) is 18.5 Å². The van der Waals surface area contributed by atoms with Gasteiger partial charge in [0.05, 0.1) is 6.04 Å². The van der Waals surface area contributed by atoms with Gasteiger partial charge in [0.2, 0.25) is 0 Å². The predicted octanol–water partition coefficient (Wildman–Crippen LogP) is 2.35. The molecule has 1 aromatic heterocycles. The molecule has 0 saturated carbocycles. The number of nitrogens with two attached hydrogens (primary N) is 1. The number of benzene rings is 1. The van der Waals surface area contributed by atoms with Crippen molar-refractivity contribution >= 4 is 5.69 Å². The SMILES string of the molecule is CC1CCCc2nc(Cc3ccc(N)cc3)nn21. The monoisotopic (exact) mass is 242 g/mol. The molecule has 1 unspecified atom stereocenters. The van der Waals surface area contributed by atoms with Crippen LogP contribution < -0.4 is 5.73 Å². The van der Waals surface area contributed by atoms with Crippen LogP contribution in [-0.2, 0) is 12.8 Å². The van der Waals surface area contributed by atoms with Crippen LogP contribution in [0, 0.1) is 0 Å². The molecule has 0 radical (unpaired) electrons. The second-order valence-electron chi connectivity index (χ2n) is 5.05. The second kappa shape index (κ2) is 4.44. The first-order valence-electron chi connectivity index (χ1n) is 6.51. The molecule has 1 aliphatic heterocycles. The summed E-state index contributed by atoms with van der Waals surface area (Å²) in [4.78, 5) is 4.64. The van der Waals surface area contributed by atoms with Crippen LogP contribution in [0.15, 0.2) is 24.3 Å². The first-order chi connectivity index (χ1) is 8.72. The molecule has 2 heterocycles. The van der Waals surface area contributed by atoms with Crippen LogP contribution in [-0.4, -0.2) is 14.8 Å². The van der Waals surface area contributed by atoms with E-state index in [-0.39, 0.29) is 0 Å². The molecule has 4 heteroatoms. The maximum absolute atomic E-state index is 5.68. The molecule has 18 heavy (non-hydrogen) atoms. The third kappa shape index (κ3) is 2.10. The van der Waals surface area contributed by atoms with Gasteiger partial charge in [-0.3, -0.25) is 0 Å². The molecular formula is C14H18N4. The Kier molecular flexibility index (Phi) is 2.78. The molecule has 0 amide bonds. The number of hydrogen-bond acceptors (Lipinski definition) is 3. The van der Waals surface area contributed by atoms with E-state index in [1.54, 1.807) is 0 Å². The average Bonchev–Trinajstić information content (AvgIpc) is 2.76. The lowest BCUT2D eigenvalue weighted by Crippen LogP contribution is -2.16. The fourth-order valence-electron chi connectivity index (χ4n) is 2.50. The van der Waals surface area contributed by atoms with Gasteiger partial charge in [0.15, 0.2) is 5.82 Å². The molecule has 1 atom stereocenters. The Morgan fingerprint density at radius 1 is 1.33 bits per heavy atom. The highest BCUT2D eigenvalue weighted by Crippen LogP contribution is 2.22. The van der Waals surface area contributed by atoms with E-state index in [1.165, 1.54) is 18.4 Å². The Balaban J connectivity index is 1.83. The summed E-state index contributed by atoms with van der Waals surface area (Å²) in [7, 11) is 0. The van der Waals surface area contributed by atoms with Gasteiger partial charge in [-0.15, -0.1) is 0 Å². The molecule has 2 aromatic rings. The summed E-state index contributed by atoms with van der Waals surface area (Å²) >= 11 is 0. The lowest BCUT2D eigenvalue weighted by Gasteiger charge is -2.18. The number of hydrogen-bond donors (Lipinski definition) is 1. The molecule has 0 fully saturated rings. The number of fused-ring (bicyclic) bond motifs is 1. The van der Waals surface area contributed by atoms with E-state index in [0.717, 1.165) is 30.2 Å². The van der Waals surface area contributed by atoms with Gasteiger partial charge in [0.1, 0.15) is 5.82 Å². The van der Waals surface area contributed by atoms with Crippen molar-refractivity contribution in [2.45, 2.75) is 38.6 Å². The minimum Gasteiger partial charge on any atom is -0.399 e. The summed E-state index contributed by atoms with van der Waals surface area (Å²) in [5.74, 6) is 2.06. The van der Waals surface area contributed by atoms with E-state index in [1.807, 2.05) is 24.3 Å². The van der Waals surface area contributed by atoms with Crippen LogP contribution in [0.3, 0.4) is 0 Å². The lowest BCUT2D eigenvalue weighted by molar-refractivity contribution is 0.387. The fourth-order valence-corrected chi connectivity index (χ4v) is 2.50. The van der Waals surface area contributed by atoms with Gasteiger partial charge in [0.25, 0.3) is 0 Å². The highest BCUT2D eigenvalue weighted by molar-refractivity contribution is 5.39. The van der Waals surface area contributed by atoms with Gasteiger partial charge in [-0.2, -0.15) is 5.10 Å². The van der Waals surface area contributed by atoms with Gasteiger partial charge in [-0.25, -0.2) is 9.67 Å². The third-order valence-electron chi connectivity index (χ3n) is 3.53. The summed E-state index contributed by atoms with van der Waals surface area (Å²) in [5.41, 5.74) is 7.69.